The summed E-state index contributed by atoms with van der Waals surface area (Å²) in [6, 6.07) is 0. The molecule has 1 heteroatoms. The van der Waals surface area contributed by atoms with Crippen molar-refractivity contribution in [1.82, 2.24) is 0 Å². The van der Waals surface area contributed by atoms with E-state index in [9.17, 15) is 4.39 Å². The van der Waals surface area contributed by atoms with E-state index in [0.717, 1.165) is 24.8 Å². The monoisotopic (exact) mass is 168 g/mol. The van der Waals surface area contributed by atoms with Gasteiger partial charge in [-0.3, -0.25) is 0 Å². The quantitative estimate of drug-likeness (QED) is 0.584. The van der Waals surface area contributed by atoms with E-state index in [-0.39, 0.29) is 5.83 Å². The van der Waals surface area contributed by atoms with Crippen molar-refractivity contribution >= 4 is 0 Å². The fourth-order valence-electron chi connectivity index (χ4n) is 1.55. The van der Waals surface area contributed by atoms with E-state index in [0.29, 0.717) is 5.92 Å². The van der Waals surface area contributed by atoms with Crippen LogP contribution in [0.2, 0.25) is 0 Å². The number of hydrogen-bond donors (Lipinski definition) is 0. The summed E-state index contributed by atoms with van der Waals surface area (Å²) >= 11 is 0. The van der Waals surface area contributed by atoms with Crippen molar-refractivity contribution in [3.05, 3.63) is 23.0 Å². The Bertz CT molecular complexity index is 221. The first-order valence-corrected chi connectivity index (χ1v) is 4.73. The van der Waals surface area contributed by atoms with Gasteiger partial charge in [-0.15, -0.1) is 0 Å². The van der Waals surface area contributed by atoms with Crippen molar-refractivity contribution < 1.29 is 4.39 Å². The van der Waals surface area contributed by atoms with Crippen LogP contribution >= 0.6 is 0 Å². The van der Waals surface area contributed by atoms with E-state index < -0.39 is 0 Å². The van der Waals surface area contributed by atoms with Crippen LogP contribution in [0.5, 0.6) is 0 Å². The van der Waals surface area contributed by atoms with Gasteiger partial charge in [0.05, 0.1) is 0 Å². The summed E-state index contributed by atoms with van der Waals surface area (Å²) in [7, 11) is 0. The van der Waals surface area contributed by atoms with Gasteiger partial charge in [-0.05, 0) is 36.8 Å². The Balaban J connectivity index is 2.81. The Morgan fingerprint density at radius 1 is 1.42 bits per heavy atom. The lowest BCUT2D eigenvalue weighted by atomic mass is 9.90. The second kappa shape index (κ2) is 3.88. The lowest BCUT2D eigenvalue weighted by molar-refractivity contribution is 0.597. The zero-order chi connectivity index (χ0) is 9.14. The predicted octanol–water partition coefficient (Wildman–Crippen LogP) is 4.00. The van der Waals surface area contributed by atoms with Gasteiger partial charge < -0.3 is 0 Å². The van der Waals surface area contributed by atoms with E-state index in [1.54, 1.807) is 6.08 Å². The highest BCUT2D eigenvalue weighted by Crippen LogP contribution is 2.30. The smallest absolute Gasteiger partial charge is 0.122 e. The Morgan fingerprint density at radius 3 is 2.50 bits per heavy atom. The molecule has 12 heavy (non-hydrogen) atoms. The first-order chi connectivity index (χ1) is 5.65. The number of allylic oxidation sites excluding steroid dienone is 4. The minimum Gasteiger partial charge on any atom is -0.207 e. The molecule has 68 valence electrons. The minimum atomic E-state index is 0.0208. The van der Waals surface area contributed by atoms with E-state index in [4.69, 9.17) is 0 Å². The molecule has 0 heterocycles. The molecule has 1 rings (SSSR count). The van der Waals surface area contributed by atoms with Crippen LogP contribution in [0.3, 0.4) is 0 Å². The minimum absolute atomic E-state index is 0.0208. The summed E-state index contributed by atoms with van der Waals surface area (Å²) in [5.74, 6) is 0.515. The van der Waals surface area contributed by atoms with Crippen molar-refractivity contribution in [2.75, 3.05) is 0 Å². The Labute approximate surface area is 74.2 Å². The largest absolute Gasteiger partial charge is 0.207 e. The second-order valence-electron chi connectivity index (χ2n) is 3.68. The highest BCUT2D eigenvalue weighted by molar-refractivity contribution is 5.29. The van der Waals surface area contributed by atoms with Crippen LogP contribution in [-0.2, 0) is 0 Å². The summed E-state index contributed by atoms with van der Waals surface area (Å²) in [5.41, 5.74) is 2.24. The predicted molar refractivity (Wildman–Crippen MR) is 50.6 cm³/mol. The molecule has 0 fully saturated rings. The molecule has 0 aliphatic heterocycles. The van der Waals surface area contributed by atoms with Crippen LogP contribution in [0.25, 0.3) is 0 Å². The molecule has 0 amide bonds. The zero-order valence-corrected chi connectivity index (χ0v) is 8.15. The van der Waals surface area contributed by atoms with Crippen LogP contribution in [0.1, 0.15) is 40.0 Å². The fourth-order valence-corrected chi connectivity index (χ4v) is 1.55. The first-order valence-electron chi connectivity index (χ1n) is 4.73. The molecule has 0 aromatic rings. The standard InChI is InChI=1S/C11H17F/c1-4-9-5-6-10(8(2)3)7-11(9)12/h7-8H,4-6H2,1-3H3. The van der Waals surface area contributed by atoms with E-state index >= 15 is 0 Å². The van der Waals surface area contributed by atoms with E-state index in [1.807, 2.05) is 6.92 Å². The summed E-state index contributed by atoms with van der Waals surface area (Å²) in [6.07, 6.45) is 4.56. The molecule has 0 N–H and O–H groups in total. The highest BCUT2D eigenvalue weighted by atomic mass is 19.1. The maximum Gasteiger partial charge on any atom is 0.122 e. The zero-order valence-electron chi connectivity index (χ0n) is 8.15. The van der Waals surface area contributed by atoms with Crippen LogP contribution in [0.15, 0.2) is 23.0 Å². The average molecular weight is 168 g/mol. The molecule has 0 bridgehead atoms. The molecule has 0 atom stereocenters. The molecule has 0 radical (unpaired) electrons. The van der Waals surface area contributed by atoms with Crippen LogP contribution in [0, 0.1) is 5.92 Å². The third kappa shape index (κ3) is 1.96. The molecule has 0 saturated carbocycles. The number of halogens is 1. The molecule has 0 nitrogen and oxygen atoms in total. The first kappa shape index (κ1) is 9.50. The van der Waals surface area contributed by atoms with Crippen LogP contribution < -0.4 is 0 Å². The normalized spacial score (nSPS) is 18.6. The fraction of sp³-hybridized carbons (Fsp3) is 0.636. The molecule has 0 saturated heterocycles. The van der Waals surface area contributed by atoms with Gasteiger partial charge in [0.2, 0.25) is 0 Å². The third-order valence-corrected chi connectivity index (χ3v) is 2.53. The maximum atomic E-state index is 13.3. The van der Waals surface area contributed by atoms with Gasteiger partial charge in [-0.1, -0.05) is 26.3 Å². The molecule has 1 aliphatic rings. The van der Waals surface area contributed by atoms with Crippen molar-refractivity contribution in [2.24, 2.45) is 5.92 Å². The van der Waals surface area contributed by atoms with Gasteiger partial charge in [-0.25, -0.2) is 4.39 Å². The average Bonchev–Trinajstić information content (AvgIpc) is 2.04. The topological polar surface area (TPSA) is 0 Å². The van der Waals surface area contributed by atoms with Crippen LogP contribution in [-0.4, -0.2) is 0 Å². The van der Waals surface area contributed by atoms with Gasteiger partial charge >= 0.3 is 0 Å². The summed E-state index contributed by atoms with van der Waals surface area (Å²) in [6.45, 7) is 6.26. The van der Waals surface area contributed by atoms with E-state index in [1.165, 1.54) is 5.57 Å². The summed E-state index contributed by atoms with van der Waals surface area (Å²) in [5, 5.41) is 0. The SMILES string of the molecule is CCC1=C(F)C=C(C(C)C)CC1. The molecular formula is C11H17F. The maximum absolute atomic E-state index is 13.3. The van der Waals surface area contributed by atoms with Gasteiger partial charge in [-0.2, -0.15) is 0 Å². The molecular weight excluding hydrogens is 151 g/mol. The van der Waals surface area contributed by atoms with Crippen LogP contribution in [0.4, 0.5) is 4.39 Å². The van der Waals surface area contributed by atoms with Gasteiger partial charge in [0, 0.05) is 0 Å². The molecule has 0 unspecified atom stereocenters. The third-order valence-electron chi connectivity index (χ3n) is 2.53. The number of hydrogen-bond acceptors (Lipinski definition) is 0. The molecule has 0 spiro atoms. The number of rotatable bonds is 2. The Kier molecular flexibility index (Phi) is 3.07. The molecule has 0 aromatic heterocycles. The van der Waals surface area contributed by atoms with Crippen molar-refractivity contribution in [3.8, 4) is 0 Å². The van der Waals surface area contributed by atoms with Crippen molar-refractivity contribution in [3.63, 3.8) is 0 Å². The lowest BCUT2D eigenvalue weighted by Crippen LogP contribution is -2.01. The molecule has 0 aromatic carbocycles. The van der Waals surface area contributed by atoms with Gasteiger partial charge in [0.1, 0.15) is 5.83 Å². The summed E-state index contributed by atoms with van der Waals surface area (Å²) in [4.78, 5) is 0. The van der Waals surface area contributed by atoms with Gasteiger partial charge in [0.25, 0.3) is 0 Å². The lowest BCUT2D eigenvalue weighted by Gasteiger charge is -2.17. The summed E-state index contributed by atoms with van der Waals surface area (Å²) < 4.78 is 13.3. The Hall–Kier alpha value is -0.590. The van der Waals surface area contributed by atoms with Crippen molar-refractivity contribution in [2.45, 2.75) is 40.0 Å². The van der Waals surface area contributed by atoms with E-state index in [2.05, 4.69) is 13.8 Å². The van der Waals surface area contributed by atoms with Gasteiger partial charge in [0.15, 0.2) is 0 Å². The highest BCUT2D eigenvalue weighted by Gasteiger charge is 2.13. The van der Waals surface area contributed by atoms with Crippen molar-refractivity contribution in [1.29, 1.82) is 0 Å². The Morgan fingerprint density at radius 2 is 2.08 bits per heavy atom. The second-order valence-corrected chi connectivity index (χ2v) is 3.68. The molecule has 1 aliphatic carbocycles.